The van der Waals surface area contributed by atoms with Gasteiger partial charge in [0.25, 0.3) is 0 Å². The molecular weight excluding hydrogens is 889 g/mol. The summed E-state index contributed by atoms with van der Waals surface area (Å²) in [5, 5.41) is 2.32. The molecule has 0 bridgehead atoms. The molecule has 0 spiro atoms. The first-order chi connectivity index (χ1) is 34.9. The van der Waals surface area contributed by atoms with Crippen molar-refractivity contribution in [1.29, 1.82) is 0 Å². The lowest BCUT2D eigenvalue weighted by Crippen LogP contribution is -2.26. The van der Waals surface area contributed by atoms with Gasteiger partial charge in [-0.1, -0.05) is 184 Å². The van der Waals surface area contributed by atoms with Crippen LogP contribution in [0.3, 0.4) is 0 Å². The number of hydrogen-bond donors (Lipinski definition) is 0. The monoisotopic (exact) mass is 955 g/mol. The summed E-state index contributed by atoms with van der Waals surface area (Å²) >= 11 is 0. The van der Waals surface area contributed by atoms with Gasteiger partial charge in [0.1, 0.15) is 24.0 Å². The summed E-state index contributed by atoms with van der Waals surface area (Å²) < 4.78 is 9.22. The number of benzene rings is 8. The van der Waals surface area contributed by atoms with Gasteiger partial charge in [0.15, 0.2) is 0 Å². The van der Waals surface area contributed by atoms with Crippen LogP contribution in [0.4, 0.5) is 22.7 Å². The van der Waals surface area contributed by atoms with E-state index in [1.807, 2.05) is 6.20 Å². The maximum Gasteiger partial charge on any atom is 0.137 e. The average Bonchev–Trinajstić information content (AvgIpc) is 3.94. The molecule has 5 heteroatoms. The number of aromatic nitrogens is 2. The van der Waals surface area contributed by atoms with Crippen LogP contribution in [-0.4, -0.2) is 16.2 Å². The number of nitrogens with zero attached hydrogens (tertiary/aromatic N) is 4. The molecule has 10 aromatic rings. The molecule has 0 N–H and O–H groups in total. The zero-order valence-electron chi connectivity index (χ0n) is 44.0. The van der Waals surface area contributed by atoms with Crippen LogP contribution in [0.15, 0.2) is 206 Å². The lowest BCUT2D eigenvalue weighted by atomic mass is 9.75. The summed E-state index contributed by atoms with van der Waals surface area (Å²) in [4.78, 5) is 9.94. The van der Waals surface area contributed by atoms with Gasteiger partial charge >= 0.3 is 0 Å². The van der Waals surface area contributed by atoms with E-state index >= 15 is 0 Å². The molecule has 0 atom stereocenters. The van der Waals surface area contributed by atoms with E-state index in [9.17, 15) is 0 Å². The van der Waals surface area contributed by atoms with Gasteiger partial charge in [0, 0.05) is 51.3 Å². The molecular formula is C68H66N4O. The minimum atomic E-state index is -0.224. The lowest BCUT2D eigenvalue weighted by Gasteiger charge is -2.32. The van der Waals surface area contributed by atoms with Gasteiger partial charge in [-0.25, -0.2) is 4.98 Å². The standard InChI is InChI=1S/C68H66N4O/c1-65(2,3)50-35-36-69-64(42-50)72-60-33-29-47(46-21-14-11-15-22-46)37-59(60)58-32-31-57(44-62(58)72)73-56-28-20-27-54(43-56)70-45-71(63-41-51(30-34-61(63)70)67(7,8)48-23-16-12-17-24-48)55-39-52(66(4,5)6)38-53(40-55)68(9,10)49-25-18-13-19-26-49/h11-44H,45H2,1-10H3. The van der Waals surface area contributed by atoms with E-state index in [2.05, 4.69) is 284 Å². The van der Waals surface area contributed by atoms with Crippen molar-refractivity contribution in [3.05, 3.63) is 240 Å². The highest BCUT2D eigenvalue weighted by Gasteiger charge is 2.34. The van der Waals surface area contributed by atoms with Crippen molar-refractivity contribution in [2.24, 2.45) is 0 Å². The van der Waals surface area contributed by atoms with E-state index in [1.165, 1.54) is 61.3 Å². The molecule has 8 aromatic carbocycles. The number of fused-ring (bicyclic) bond motifs is 4. The smallest absolute Gasteiger partial charge is 0.137 e. The third kappa shape index (κ3) is 8.86. The van der Waals surface area contributed by atoms with Crippen LogP contribution in [0.1, 0.15) is 103 Å². The van der Waals surface area contributed by atoms with E-state index < -0.39 is 0 Å². The van der Waals surface area contributed by atoms with Crippen molar-refractivity contribution >= 4 is 44.6 Å². The van der Waals surface area contributed by atoms with Gasteiger partial charge in [-0.05, 0) is 128 Å². The van der Waals surface area contributed by atoms with Crippen LogP contribution in [0, 0.1) is 0 Å². The molecule has 11 rings (SSSR count). The van der Waals surface area contributed by atoms with Crippen LogP contribution in [0.2, 0.25) is 0 Å². The van der Waals surface area contributed by atoms with Crippen molar-refractivity contribution in [1.82, 2.24) is 9.55 Å². The van der Waals surface area contributed by atoms with E-state index in [1.54, 1.807) is 0 Å². The van der Waals surface area contributed by atoms with E-state index in [4.69, 9.17) is 9.72 Å². The molecule has 0 amide bonds. The molecule has 0 fully saturated rings. The summed E-state index contributed by atoms with van der Waals surface area (Å²) in [7, 11) is 0. The molecule has 0 saturated heterocycles. The number of hydrogen-bond acceptors (Lipinski definition) is 4. The maximum absolute atomic E-state index is 6.93. The summed E-state index contributed by atoms with van der Waals surface area (Å²) in [6.45, 7) is 23.7. The molecule has 2 aromatic heterocycles. The fraction of sp³-hybridized carbons (Fsp3) is 0.221. The molecule has 364 valence electrons. The van der Waals surface area contributed by atoms with Crippen molar-refractivity contribution in [3.8, 4) is 28.4 Å². The van der Waals surface area contributed by atoms with Crippen molar-refractivity contribution < 1.29 is 4.74 Å². The van der Waals surface area contributed by atoms with Crippen LogP contribution in [0.25, 0.3) is 38.8 Å². The van der Waals surface area contributed by atoms with Gasteiger partial charge < -0.3 is 14.5 Å². The third-order valence-electron chi connectivity index (χ3n) is 15.4. The molecule has 5 nitrogen and oxygen atoms in total. The summed E-state index contributed by atoms with van der Waals surface area (Å²) in [6.07, 6.45) is 1.94. The predicted octanol–water partition coefficient (Wildman–Crippen LogP) is 18.1. The Morgan fingerprint density at radius 3 is 1.70 bits per heavy atom. The molecule has 1 aliphatic rings. The quantitative estimate of drug-likeness (QED) is 0.137. The highest BCUT2D eigenvalue weighted by molar-refractivity contribution is 6.10. The third-order valence-corrected chi connectivity index (χ3v) is 15.4. The van der Waals surface area contributed by atoms with Crippen molar-refractivity contribution in [3.63, 3.8) is 0 Å². The molecule has 1 aliphatic heterocycles. The molecule has 0 radical (unpaired) electrons. The topological polar surface area (TPSA) is 33.5 Å². The van der Waals surface area contributed by atoms with E-state index in [-0.39, 0.29) is 21.7 Å². The minimum Gasteiger partial charge on any atom is -0.457 e. The van der Waals surface area contributed by atoms with Gasteiger partial charge in [-0.15, -0.1) is 0 Å². The largest absolute Gasteiger partial charge is 0.457 e. The van der Waals surface area contributed by atoms with Gasteiger partial charge in [0.2, 0.25) is 0 Å². The number of anilines is 4. The Labute approximate surface area is 432 Å². The first-order valence-corrected chi connectivity index (χ1v) is 25.8. The Balaban J connectivity index is 1.01. The second-order valence-electron chi connectivity index (χ2n) is 23.1. The van der Waals surface area contributed by atoms with Crippen LogP contribution >= 0.6 is 0 Å². The zero-order chi connectivity index (χ0) is 50.9. The molecule has 0 saturated carbocycles. The second-order valence-corrected chi connectivity index (χ2v) is 23.1. The van der Waals surface area contributed by atoms with Crippen molar-refractivity contribution in [2.45, 2.75) is 90.9 Å². The lowest BCUT2D eigenvalue weighted by molar-refractivity contribution is 0.483. The Morgan fingerprint density at radius 1 is 0.384 bits per heavy atom. The zero-order valence-corrected chi connectivity index (χ0v) is 44.0. The fourth-order valence-corrected chi connectivity index (χ4v) is 10.7. The maximum atomic E-state index is 6.93. The molecule has 3 heterocycles. The van der Waals surface area contributed by atoms with Gasteiger partial charge in [-0.3, -0.25) is 4.57 Å². The van der Waals surface area contributed by atoms with Gasteiger partial charge in [-0.2, -0.15) is 0 Å². The SMILES string of the molecule is CC(C)(C)c1cc(N2CN(c3cccc(Oc4ccc5c6cc(-c7ccccc7)ccc6n(-c6cc(C(C)(C)C)ccn6)c5c4)c3)c3ccc(C(C)(C)c4ccccc4)cc32)cc(C(C)(C)c2ccccc2)c1. The highest BCUT2D eigenvalue weighted by Crippen LogP contribution is 2.49. The summed E-state index contributed by atoms with van der Waals surface area (Å²) in [5.41, 5.74) is 16.2. The molecule has 0 unspecified atom stereocenters. The van der Waals surface area contributed by atoms with Crippen molar-refractivity contribution in [2.75, 3.05) is 16.5 Å². The second kappa shape index (κ2) is 18.0. The number of pyridine rings is 1. The highest BCUT2D eigenvalue weighted by atomic mass is 16.5. The Kier molecular flexibility index (Phi) is 11.7. The van der Waals surface area contributed by atoms with Crippen LogP contribution in [-0.2, 0) is 21.7 Å². The summed E-state index contributed by atoms with van der Waals surface area (Å²) in [6, 6.07) is 72.9. The van der Waals surface area contributed by atoms with E-state index in [0.717, 1.165) is 45.1 Å². The minimum absolute atomic E-state index is 0.0389. The Hall–Kier alpha value is -7.89. The van der Waals surface area contributed by atoms with Crippen LogP contribution in [0.5, 0.6) is 11.5 Å². The number of rotatable bonds is 10. The van der Waals surface area contributed by atoms with E-state index in [0.29, 0.717) is 6.67 Å². The Morgan fingerprint density at radius 2 is 1.01 bits per heavy atom. The molecule has 73 heavy (non-hydrogen) atoms. The average molecular weight is 955 g/mol. The van der Waals surface area contributed by atoms with Crippen LogP contribution < -0.4 is 14.5 Å². The predicted molar refractivity (Wildman–Crippen MR) is 307 cm³/mol. The summed E-state index contributed by atoms with van der Waals surface area (Å²) in [5.74, 6) is 2.41. The number of ether oxygens (including phenoxy) is 1. The molecule has 0 aliphatic carbocycles. The first-order valence-electron chi connectivity index (χ1n) is 25.8. The van der Waals surface area contributed by atoms with Gasteiger partial charge in [0.05, 0.1) is 22.4 Å². The normalized spacial score (nSPS) is 13.2. The fourth-order valence-electron chi connectivity index (χ4n) is 10.7. The first kappa shape index (κ1) is 47.4. The Bertz CT molecular complexity index is 3650.